The molecule has 1 saturated carbocycles. The second kappa shape index (κ2) is 5.70. The van der Waals surface area contributed by atoms with Crippen molar-refractivity contribution in [3.63, 3.8) is 0 Å². The molecule has 0 amide bonds. The lowest BCUT2D eigenvalue weighted by Crippen LogP contribution is -2.50. The Hall–Kier alpha value is -1.42. The highest BCUT2D eigenvalue weighted by Gasteiger charge is 2.30. The van der Waals surface area contributed by atoms with Crippen LogP contribution in [0.25, 0.3) is 0 Å². The van der Waals surface area contributed by atoms with Crippen molar-refractivity contribution < 1.29 is 4.79 Å². The fourth-order valence-corrected chi connectivity index (χ4v) is 2.71. The third-order valence-corrected chi connectivity index (χ3v) is 3.99. The lowest BCUT2D eigenvalue weighted by atomic mass is 10.1. The zero-order chi connectivity index (χ0) is 13.1. The number of anilines is 1. The summed E-state index contributed by atoms with van der Waals surface area (Å²) in [6.07, 6.45) is 7.78. The van der Waals surface area contributed by atoms with E-state index in [1.165, 1.54) is 12.8 Å². The van der Waals surface area contributed by atoms with E-state index in [9.17, 15) is 4.79 Å². The number of nitrogens with zero attached hydrogens (tertiary/aromatic N) is 2. The summed E-state index contributed by atoms with van der Waals surface area (Å²) in [5.41, 5.74) is 0. The molecule has 1 N–H and O–H groups in total. The third kappa shape index (κ3) is 3.13. The van der Waals surface area contributed by atoms with E-state index in [-0.39, 0.29) is 6.17 Å². The minimum absolute atomic E-state index is 0.256. The van der Waals surface area contributed by atoms with E-state index in [4.69, 9.17) is 0 Å². The van der Waals surface area contributed by atoms with E-state index < -0.39 is 0 Å². The maximum Gasteiger partial charge on any atom is 0.149 e. The minimum Gasteiger partial charge on any atom is -0.341 e. The average Bonchev–Trinajstić information content (AvgIpc) is 3.31. The molecule has 0 spiro atoms. The molecule has 1 atom stereocenters. The van der Waals surface area contributed by atoms with Crippen LogP contribution in [-0.4, -0.2) is 30.0 Å². The van der Waals surface area contributed by atoms with Gasteiger partial charge in [0.05, 0.1) is 12.7 Å². The van der Waals surface area contributed by atoms with Gasteiger partial charge in [-0.25, -0.2) is 4.98 Å². The van der Waals surface area contributed by atoms with Crippen LogP contribution in [0.1, 0.15) is 32.1 Å². The third-order valence-electron chi connectivity index (χ3n) is 3.99. The van der Waals surface area contributed by atoms with Gasteiger partial charge in [-0.1, -0.05) is 6.07 Å². The Morgan fingerprint density at radius 3 is 2.95 bits per heavy atom. The van der Waals surface area contributed by atoms with Crippen molar-refractivity contribution in [1.82, 2.24) is 10.3 Å². The van der Waals surface area contributed by atoms with Crippen LogP contribution in [0, 0.1) is 5.92 Å². The highest BCUT2D eigenvalue weighted by Crippen LogP contribution is 2.29. The van der Waals surface area contributed by atoms with Crippen molar-refractivity contribution >= 4 is 11.6 Å². The van der Waals surface area contributed by atoms with E-state index in [1.807, 2.05) is 24.4 Å². The van der Waals surface area contributed by atoms with Crippen LogP contribution in [0.2, 0.25) is 0 Å². The SMILES string of the molecule is O=C(CNC1CCCCN1c1ccccn1)C1CC1. The number of carbonyl (C=O) groups is 1. The van der Waals surface area contributed by atoms with Crippen molar-refractivity contribution in [2.24, 2.45) is 5.92 Å². The molecule has 102 valence electrons. The molecule has 4 nitrogen and oxygen atoms in total. The summed E-state index contributed by atoms with van der Waals surface area (Å²) >= 11 is 0. The van der Waals surface area contributed by atoms with Crippen LogP contribution < -0.4 is 10.2 Å². The van der Waals surface area contributed by atoms with Gasteiger partial charge in [0, 0.05) is 18.7 Å². The molecule has 0 aromatic carbocycles. The molecule has 1 unspecified atom stereocenters. The summed E-state index contributed by atoms with van der Waals surface area (Å²) in [6.45, 7) is 1.53. The first-order chi connectivity index (χ1) is 9.34. The lowest BCUT2D eigenvalue weighted by molar-refractivity contribution is -0.119. The highest BCUT2D eigenvalue weighted by molar-refractivity contribution is 5.85. The average molecular weight is 259 g/mol. The Morgan fingerprint density at radius 1 is 1.32 bits per heavy atom. The number of carbonyl (C=O) groups excluding carboxylic acids is 1. The molecule has 1 aliphatic heterocycles. The van der Waals surface area contributed by atoms with Gasteiger partial charge in [-0.05, 0) is 44.2 Å². The molecule has 0 radical (unpaired) electrons. The van der Waals surface area contributed by atoms with Crippen molar-refractivity contribution in [1.29, 1.82) is 0 Å². The predicted molar refractivity (Wildman–Crippen MR) is 75.0 cm³/mol. The van der Waals surface area contributed by atoms with Crippen LogP contribution in [0.15, 0.2) is 24.4 Å². The van der Waals surface area contributed by atoms with Crippen molar-refractivity contribution in [2.75, 3.05) is 18.0 Å². The molecule has 2 aliphatic rings. The fourth-order valence-electron chi connectivity index (χ4n) is 2.71. The number of hydrogen-bond acceptors (Lipinski definition) is 4. The van der Waals surface area contributed by atoms with Gasteiger partial charge in [0.15, 0.2) is 0 Å². The first-order valence-corrected chi connectivity index (χ1v) is 7.28. The number of piperidine rings is 1. The van der Waals surface area contributed by atoms with Gasteiger partial charge in [0.2, 0.25) is 0 Å². The maximum atomic E-state index is 11.8. The smallest absolute Gasteiger partial charge is 0.149 e. The van der Waals surface area contributed by atoms with Gasteiger partial charge < -0.3 is 4.90 Å². The lowest BCUT2D eigenvalue weighted by Gasteiger charge is -2.37. The number of pyridine rings is 1. The molecule has 2 heterocycles. The molecule has 2 fully saturated rings. The zero-order valence-electron chi connectivity index (χ0n) is 11.2. The number of Topliss-reactive ketones (excluding diaryl/α,β-unsaturated/α-hetero) is 1. The fraction of sp³-hybridized carbons (Fsp3) is 0.600. The van der Waals surface area contributed by atoms with Gasteiger partial charge in [-0.3, -0.25) is 10.1 Å². The topological polar surface area (TPSA) is 45.2 Å². The Labute approximate surface area is 114 Å². The molecule has 3 rings (SSSR count). The Kier molecular flexibility index (Phi) is 3.78. The molecule has 4 heteroatoms. The standard InChI is InChI=1S/C15H21N3O/c19-13(12-7-8-12)11-17-15-6-2-4-10-18(15)14-5-1-3-9-16-14/h1,3,5,9,12,15,17H,2,4,6-8,10-11H2. The van der Waals surface area contributed by atoms with E-state index in [0.29, 0.717) is 18.2 Å². The largest absolute Gasteiger partial charge is 0.341 e. The Bertz CT molecular complexity index is 430. The van der Waals surface area contributed by atoms with Crippen molar-refractivity contribution in [3.05, 3.63) is 24.4 Å². The molecule has 1 saturated heterocycles. The number of nitrogens with one attached hydrogen (secondary N) is 1. The van der Waals surface area contributed by atoms with Crippen LogP contribution >= 0.6 is 0 Å². The monoisotopic (exact) mass is 259 g/mol. The van der Waals surface area contributed by atoms with E-state index in [1.54, 1.807) is 0 Å². The number of rotatable bonds is 5. The van der Waals surface area contributed by atoms with Crippen LogP contribution in [0.4, 0.5) is 5.82 Å². The molecule has 1 aromatic heterocycles. The molecule has 0 bridgehead atoms. The zero-order valence-corrected chi connectivity index (χ0v) is 11.2. The van der Waals surface area contributed by atoms with Gasteiger partial charge in [-0.15, -0.1) is 0 Å². The van der Waals surface area contributed by atoms with E-state index in [0.717, 1.165) is 31.6 Å². The highest BCUT2D eigenvalue weighted by atomic mass is 16.1. The normalized spacial score (nSPS) is 23.4. The summed E-state index contributed by atoms with van der Waals surface area (Å²) in [5, 5.41) is 3.43. The van der Waals surface area contributed by atoms with Crippen LogP contribution in [0.5, 0.6) is 0 Å². The molecule has 1 aromatic rings. The second-order valence-electron chi connectivity index (χ2n) is 5.51. The first kappa shape index (κ1) is 12.6. The first-order valence-electron chi connectivity index (χ1n) is 7.28. The van der Waals surface area contributed by atoms with Gasteiger partial charge in [-0.2, -0.15) is 0 Å². The van der Waals surface area contributed by atoms with Gasteiger partial charge in [0.1, 0.15) is 11.6 Å². The number of aromatic nitrogens is 1. The van der Waals surface area contributed by atoms with E-state index in [2.05, 4.69) is 15.2 Å². The molecular weight excluding hydrogens is 238 g/mol. The van der Waals surface area contributed by atoms with E-state index >= 15 is 0 Å². The van der Waals surface area contributed by atoms with Crippen LogP contribution in [-0.2, 0) is 4.79 Å². The Morgan fingerprint density at radius 2 is 2.21 bits per heavy atom. The molecular formula is C15H21N3O. The van der Waals surface area contributed by atoms with Gasteiger partial charge >= 0.3 is 0 Å². The van der Waals surface area contributed by atoms with Crippen molar-refractivity contribution in [2.45, 2.75) is 38.3 Å². The number of hydrogen-bond donors (Lipinski definition) is 1. The van der Waals surface area contributed by atoms with Gasteiger partial charge in [0.25, 0.3) is 0 Å². The summed E-state index contributed by atoms with van der Waals surface area (Å²) in [5.74, 6) is 1.74. The second-order valence-corrected chi connectivity index (χ2v) is 5.51. The Balaban J connectivity index is 1.62. The molecule has 1 aliphatic carbocycles. The summed E-state index contributed by atoms with van der Waals surface area (Å²) < 4.78 is 0. The summed E-state index contributed by atoms with van der Waals surface area (Å²) in [4.78, 5) is 18.5. The predicted octanol–water partition coefficient (Wildman–Crippen LogP) is 1.97. The minimum atomic E-state index is 0.256. The maximum absolute atomic E-state index is 11.8. The van der Waals surface area contributed by atoms with Crippen LogP contribution in [0.3, 0.4) is 0 Å². The number of ketones is 1. The summed E-state index contributed by atoms with van der Waals surface area (Å²) in [6, 6.07) is 6.00. The summed E-state index contributed by atoms with van der Waals surface area (Å²) in [7, 11) is 0. The quantitative estimate of drug-likeness (QED) is 0.878. The molecule has 19 heavy (non-hydrogen) atoms. The van der Waals surface area contributed by atoms with Crippen molar-refractivity contribution in [3.8, 4) is 0 Å².